The molecular formula is C15H20N4O. The van der Waals surface area contributed by atoms with Gasteiger partial charge in [-0.05, 0) is 17.9 Å². The molecule has 20 heavy (non-hydrogen) atoms. The van der Waals surface area contributed by atoms with Crippen LogP contribution in [0.1, 0.15) is 24.8 Å². The zero-order valence-corrected chi connectivity index (χ0v) is 11.6. The molecule has 0 aliphatic heterocycles. The van der Waals surface area contributed by atoms with Gasteiger partial charge in [-0.15, -0.1) is 0 Å². The summed E-state index contributed by atoms with van der Waals surface area (Å²) in [5, 5.41) is 6.88. The Balaban J connectivity index is 1.71. The average molecular weight is 272 g/mol. The van der Waals surface area contributed by atoms with Crippen LogP contribution in [0.15, 0.2) is 42.7 Å². The average Bonchev–Trinajstić information content (AvgIpc) is 2.85. The molecule has 1 aromatic heterocycles. The summed E-state index contributed by atoms with van der Waals surface area (Å²) in [7, 11) is 0. The maximum Gasteiger partial charge on any atom is 0.241 e. The second-order valence-corrected chi connectivity index (χ2v) is 4.92. The maximum absolute atomic E-state index is 11.7. The predicted molar refractivity (Wildman–Crippen MR) is 79.1 cm³/mol. The Bertz CT molecular complexity index is 550. The number of nitrogen functional groups attached to an aromatic ring is 1. The molecule has 1 unspecified atom stereocenters. The molecule has 0 bridgehead atoms. The number of nitrogens with one attached hydrogen (secondary N) is 1. The van der Waals surface area contributed by atoms with Crippen molar-refractivity contribution in [2.75, 3.05) is 12.3 Å². The van der Waals surface area contributed by atoms with Gasteiger partial charge in [-0.2, -0.15) is 5.10 Å². The van der Waals surface area contributed by atoms with Gasteiger partial charge in [0.25, 0.3) is 0 Å². The number of hydrogen-bond acceptors (Lipinski definition) is 3. The van der Waals surface area contributed by atoms with Crippen molar-refractivity contribution in [3.05, 3.63) is 48.3 Å². The molecule has 106 valence electrons. The van der Waals surface area contributed by atoms with Crippen LogP contribution in [0.4, 0.5) is 5.69 Å². The van der Waals surface area contributed by atoms with Gasteiger partial charge in [0.1, 0.15) is 6.54 Å². The number of amides is 1. The minimum Gasteiger partial charge on any atom is -0.396 e. The van der Waals surface area contributed by atoms with Crippen LogP contribution in [0, 0.1) is 0 Å². The Morgan fingerprint density at radius 2 is 2.15 bits per heavy atom. The van der Waals surface area contributed by atoms with E-state index in [-0.39, 0.29) is 12.5 Å². The highest BCUT2D eigenvalue weighted by molar-refractivity contribution is 5.75. The van der Waals surface area contributed by atoms with E-state index < -0.39 is 0 Å². The van der Waals surface area contributed by atoms with Gasteiger partial charge in [-0.1, -0.05) is 37.3 Å². The molecule has 0 saturated heterocycles. The first-order valence-corrected chi connectivity index (χ1v) is 6.74. The number of hydrogen-bond donors (Lipinski definition) is 2. The monoisotopic (exact) mass is 272 g/mol. The number of benzene rings is 1. The van der Waals surface area contributed by atoms with Crippen LogP contribution in [0.3, 0.4) is 0 Å². The lowest BCUT2D eigenvalue weighted by molar-refractivity contribution is -0.121. The highest BCUT2D eigenvalue weighted by atomic mass is 16.2. The van der Waals surface area contributed by atoms with Crippen LogP contribution in [0.5, 0.6) is 0 Å². The van der Waals surface area contributed by atoms with Crippen molar-refractivity contribution < 1.29 is 4.79 Å². The zero-order valence-electron chi connectivity index (χ0n) is 11.6. The van der Waals surface area contributed by atoms with E-state index in [0.29, 0.717) is 18.2 Å². The van der Waals surface area contributed by atoms with E-state index in [9.17, 15) is 4.79 Å². The Labute approximate surface area is 118 Å². The van der Waals surface area contributed by atoms with E-state index in [2.05, 4.69) is 29.5 Å². The molecule has 0 radical (unpaired) electrons. The van der Waals surface area contributed by atoms with E-state index in [4.69, 9.17) is 5.73 Å². The first kappa shape index (κ1) is 14.1. The molecule has 1 atom stereocenters. The van der Waals surface area contributed by atoms with Crippen LogP contribution in [-0.4, -0.2) is 22.2 Å². The number of anilines is 1. The van der Waals surface area contributed by atoms with Crippen LogP contribution >= 0.6 is 0 Å². The van der Waals surface area contributed by atoms with Gasteiger partial charge in [-0.3, -0.25) is 9.48 Å². The number of nitrogens with two attached hydrogens (primary N) is 1. The lowest BCUT2D eigenvalue weighted by Crippen LogP contribution is -2.29. The first-order chi connectivity index (χ1) is 9.65. The zero-order chi connectivity index (χ0) is 14.4. The fraction of sp³-hybridized carbons (Fsp3) is 0.333. The summed E-state index contributed by atoms with van der Waals surface area (Å²) in [5.41, 5.74) is 7.40. The summed E-state index contributed by atoms with van der Waals surface area (Å²) < 4.78 is 1.53. The second kappa shape index (κ2) is 6.75. The van der Waals surface area contributed by atoms with Crippen molar-refractivity contribution in [2.24, 2.45) is 0 Å². The van der Waals surface area contributed by atoms with Gasteiger partial charge >= 0.3 is 0 Å². The van der Waals surface area contributed by atoms with E-state index in [0.717, 1.165) is 6.42 Å². The van der Waals surface area contributed by atoms with E-state index in [1.165, 1.54) is 16.4 Å². The van der Waals surface area contributed by atoms with E-state index in [1.54, 1.807) is 6.20 Å². The van der Waals surface area contributed by atoms with Crippen molar-refractivity contribution in [1.29, 1.82) is 0 Å². The molecule has 0 spiro atoms. The van der Waals surface area contributed by atoms with Gasteiger partial charge < -0.3 is 11.1 Å². The topological polar surface area (TPSA) is 72.9 Å². The van der Waals surface area contributed by atoms with Crippen molar-refractivity contribution in [1.82, 2.24) is 15.1 Å². The van der Waals surface area contributed by atoms with Crippen LogP contribution in [-0.2, 0) is 11.3 Å². The molecule has 3 N–H and O–H groups in total. The van der Waals surface area contributed by atoms with Gasteiger partial charge in [0.15, 0.2) is 0 Å². The summed E-state index contributed by atoms with van der Waals surface area (Å²) >= 11 is 0. The molecule has 5 nitrogen and oxygen atoms in total. The molecule has 0 aliphatic carbocycles. The predicted octanol–water partition coefficient (Wildman–Crippen LogP) is 1.78. The third kappa shape index (κ3) is 4.12. The lowest BCUT2D eigenvalue weighted by Gasteiger charge is -2.12. The minimum absolute atomic E-state index is 0.0478. The first-order valence-electron chi connectivity index (χ1n) is 6.74. The maximum atomic E-state index is 11.7. The molecule has 2 aromatic rings. The Morgan fingerprint density at radius 3 is 2.80 bits per heavy atom. The van der Waals surface area contributed by atoms with E-state index >= 15 is 0 Å². The lowest BCUT2D eigenvalue weighted by atomic mass is 9.98. The third-order valence-electron chi connectivity index (χ3n) is 3.23. The van der Waals surface area contributed by atoms with Gasteiger partial charge in [0.05, 0.1) is 11.9 Å². The second-order valence-electron chi connectivity index (χ2n) is 4.92. The number of carbonyl (C=O) groups excluding carboxylic acids is 1. The van der Waals surface area contributed by atoms with Gasteiger partial charge in [-0.25, -0.2) is 0 Å². The minimum atomic E-state index is -0.0478. The molecule has 0 fully saturated rings. The van der Waals surface area contributed by atoms with Crippen LogP contribution in [0.2, 0.25) is 0 Å². The summed E-state index contributed by atoms with van der Waals surface area (Å²) in [6.45, 7) is 3.03. The summed E-state index contributed by atoms with van der Waals surface area (Å²) in [6.07, 6.45) is 4.09. The fourth-order valence-corrected chi connectivity index (χ4v) is 2.05. The molecule has 0 aliphatic rings. The number of aromatic nitrogens is 2. The van der Waals surface area contributed by atoms with Gasteiger partial charge in [0, 0.05) is 12.7 Å². The number of rotatable bonds is 6. The molecule has 1 heterocycles. The number of nitrogens with zero attached hydrogens (tertiary/aromatic N) is 2. The summed E-state index contributed by atoms with van der Waals surface area (Å²) in [4.78, 5) is 11.7. The molecule has 1 amide bonds. The third-order valence-corrected chi connectivity index (χ3v) is 3.23. The summed E-state index contributed by atoms with van der Waals surface area (Å²) in [5.74, 6) is 0.380. The number of carbonyl (C=O) groups is 1. The Hall–Kier alpha value is -2.30. The smallest absolute Gasteiger partial charge is 0.241 e. The SMILES string of the molecule is CC(CCNC(=O)Cn1cc(N)cn1)c1ccccc1. The molecular weight excluding hydrogens is 252 g/mol. The normalized spacial score (nSPS) is 12.1. The van der Waals surface area contributed by atoms with Crippen LogP contribution < -0.4 is 11.1 Å². The molecule has 5 heteroatoms. The Kier molecular flexibility index (Phi) is 4.76. The van der Waals surface area contributed by atoms with Crippen LogP contribution in [0.25, 0.3) is 0 Å². The molecule has 1 aromatic carbocycles. The van der Waals surface area contributed by atoms with Gasteiger partial charge in [0.2, 0.25) is 5.91 Å². The summed E-state index contributed by atoms with van der Waals surface area (Å²) in [6, 6.07) is 10.3. The quantitative estimate of drug-likeness (QED) is 0.841. The largest absolute Gasteiger partial charge is 0.396 e. The fourth-order valence-electron chi connectivity index (χ4n) is 2.05. The van der Waals surface area contributed by atoms with Crippen molar-refractivity contribution in [3.63, 3.8) is 0 Å². The highest BCUT2D eigenvalue weighted by Crippen LogP contribution is 2.17. The Morgan fingerprint density at radius 1 is 1.40 bits per heavy atom. The van der Waals surface area contributed by atoms with Crippen molar-refractivity contribution >= 4 is 11.6 Å². The van der Waals surface area contributed by atoms with Crippen molar-refractivity contribution in [2.45, 2.75) is 25.8 Å². The highest BCUT2D eigenvalue weighted by Gasteiger charge is 2.07. The van der Waals surface area contributed by atoms with E-state index in [1.807, 2.05) is 18.2 Å². The standard InChI is InChI=1S/C15H20N4O/c1-12(13-5-3-2-4-6-13)7-8-17-15(20)11-19-10-14(16)9-18-19/h2-6,9-10,12H,7-8,11,16H2,1H3,(H,17,20). The van der Waals surface area contributed by atoms with Crippen molar-refractivity contribution in [3.8, 4) is 0 Å². The molecule has 0 saturated carbocycles. The molecule has 2 rings (SSSR count).